The number of methoxy groups -OCH3 is 2. The number of allylic oxidation sites excluding steroid dienone is 2. The lowest BCUT2D eigenvalue weighted by atomic mass is 9.87. The van der Waals surface area contributed by atoms with Crippen molar-refractivity contribution >= 4 is 17.5 Å². The van der Waals surface area contributed by atoms with Crippen LogP contribution >= 0.6 is 0 Å². The number of Topliss-reactive ketones (excluding diaryl/α,β-unsaturated/α-hetero) is 2. The summed E-state index contributed by atoms with van der Waals surface area (Å²) in [7, 11) is 11.2. The molecule has 0 bridgehead atoms. The van der Waals surface area contributed by atoms with Gasteiger partial charge in [0.2, 0.25) is 17.5 Å². The van der Waals surface area contributed by atoms with Gasteiger partial charge >= 0.3 is 0 Å². The monoisotopic (exact) mass is 375 g/mol. The van der Waals surface area contributed by atoms with Gasteiger partial charge in [-0.2, -0.15) is 0 Å². The summed E-state index contributed by atoms with van der Waals surface area (Å²) < 4.78 is 10.6. The van der Waals surface area contributed by atoms with Gasteiger partial charge in [0, 0.05) is 21.1 Å². The minimum atomic E-state index is -0.460. The highest BCUT2D eigenvalue weighted by molar-refractivity contribution is 6.29. The molecule has 0 spiro atoms. The van der Waals surface area contributed by atoms with Crippen molar-refractivity contribution in [2.75, 3.05) is 56.0 Å². The Hall–Kier alpha value is -2.87. The summed E-state index contributed by atoms with van der Waals surface area (Å²) in [5.41, 5.74) is 0.402. The molecule has 0 atom stereocenters. The number of fused-ring (bicyclic) bond motifs is 1. The summed E-state index contributed by atoms with van der Waals surface area (Å²) in [5.74, 6) is -0.623. The minimum Gasteiger partial charge on any atom is -0.496 e. The number of hydrogen-bond donors (Lipinski definition) is 0. The number of nitrogens with zero attached hydrogens (tertiary/aromatic N) is 3. The molecule has 1 aliphatic rings. The Labute approximate surface area is 158 Å². The van der Waals surface area contributed by atoms with E-state index in [2.05, 4.69) is 0 Å². The molecule has 0 saturated carbocycles. The van der Waals surface area contributed by atoms with Crippen LogP contribution in [0.25, 0.3) is 0 Å². The lowest BCUT2D eigenvalue weighted by molar-refractivity contribution is -0.128. The molecule has 8 nitrogen and oxygen atoms in total. The summed E-state index contributed by atoms with van der Waals surface area (Å²) in [6.07, 6.45) is 0. The third-order valence-electron chi connectivity index (χ3n) is 4.29. The highest BCUT2D eigenvalue weighted by Crippen LogP contribution is 2.39. The van der Waals surface area contributed by atoms with E-state index >= 15 is 0 Å². The molecule has 2 rings (SSSR count). The van der Waals surface area contributed by atoms with Crippen LogP contribution in [-0.4, -0.2) is 88.2 Å². The molecule has 0 unspecified atom stereocenters. The summed E-state index contributed by atoms with van der Waals surface area (Å²) in [6.45, 7) is 0.101. The predicted molar refractivity (Wildman–Crippen MR) is 100 cm³/mol. The SMILES string of the molecule is COc1ccc(OC)c2c1C(=O)C(N(C)C)=C(N(C)C(=O)CN(C)C)C2=O. The smallest absolute Gasteiger partial charge is 0.241 e. The van der Waals surface area contributed by atoms with Crippen molar-refractivity contribution < 1.29 is 23.9 Å². The van der Waals surface area contributed by atoms with Gasteiger partial charge in [0.1, 0.15) is 22.9 Å². The van der Waals surface area contributed by atoms with Crippen molar-refractivity contribution in [2.24, 2.45) is 0 Å². The number of benzene rings is 1. The summed E-state index contributed by atoms with van der Waals surface area (Å²) in [4.78, 5) is 43.7. The second-order valence-electron chi connectivity index (χ2n) is 6.66. The molecule has 0 heterocycles. The van der Waals surface area contributed by atoms with Crippen LogP contribution in [0.2, 0.25) is 0 Å². The molecule has 0 fully saturated rings. The fraction of sp³-hybridized carbons (Fsp3) is 0.421. The standard InChI is InChI=1S/C19H25N3O5/c1-20(2)10-13(23)22(5)17-16(21(3)4)18(24)14-11(26-6)8-9-12(27-7)15(14)19(17)25/h8-9H,10H2,1-7H3. The lowest BCUT2D eigenvalue weighted by Crippen LogP contribution is -2.42. The van der Waals surface area contributed by atoms with Crippen LogP contribution in [0.15, 0.2) is 23.5 Å². The Bertz CT molecular complexity index is 827. The number of rotatable bonds is 6. The van der Waals surface area contributed by atoms with Gasteiger partial charge in [-0.1, -0.05) is 0 Å². The van der Waals surface area contributed by atoms with Gasteiger partial charge < -0.3 is 24.2 Å². The number of ketones is 2. The Kier molecular flexibility index (Phi) is 5.90. The number of carbonyl (C=O) groups is 3. The van der Waals surface area contributed by atoms with Crippen LogP contribution in [0.3, 0.4) is 0 Å². The first-order valence-corrected chi connectivity index (χ1v) is 8.32. The van der Waals surface area contributed by atoms with Crippen molar-refractivity contribution in [3.05, 3.63) is 34.7 Å². The molecule has 0 saturated heterocycles. The quantitative estimate of drug-likeness (QED) is 0.730. The highest BCUT2D eigenvalue weighted by Gasteiger charge is 2.40. The van der Waals surface area contributed by atoms with E-state index in [1.165, 1.54) is 31.1 Å². The molecule has 0 radical (unpaired) electrons. The average molecular weight is 375 g/mol. The molecule has 1 amide bonds. The van der Waals surface area contributed by atoms with E-state index in [-0.39, 0.29) is 46.5 Å². The van der Waals surface area contributed by atoms with E-state index < -0.39 is 11.6 Å². The first-order valence-electron chi connectivity index (χ1n) is 8.32. The lowest BCUT2D eigenvalue weighted by Gasteiger charge is -2.31. The molecule has 146 valence electrons. The molecular weight excluding hydrogens is 350 g/mol. The fourth-order valence-electron chi connectivity index (χ4n) is 3.03. The maximum atomic E-state index is 13.4. The predicted octanol–water partition coefficient (Wildman–Crippen LogP) is 0.876. The molecular formula is C19H25N3O5. The van der Waals surface area contributed by atoms with E-state index in [1.54, 1.807) is 45.2 Å². The number of amides is 1. The van der Waals surface area contributed by atoms with Gasteiger partial charge in [0.25, 0.3) is 0 Å². The minimum absolute atomic E-state index is 0.0240. The van der Waals surface area contributed by atoms with Crippen molar-refractivity contribution in [3.63, 3.8) is 0 Å². The Balaban J connectivity index is 2.75. The van der Waals surface area contributed by atoms with E-state index in [0.29, 0.717) is 0 Å². The van der Waals surface area contributed by atoms with Gasteiger partial charge in [0.15, 0.2) is 0 Å². The molecule has 0 N–H and O–H groups in total. The summed E-state index contributed by atoms with van der Waals surface area (Å²) in [6, 6.07) is 3.16. The van der Waals surface area contributed by atoms with Crippen LogP contribution in [0, 0.1) is 0 Å². The number of carbonyl (C=O) groups excluding carboxylic acids is 3. The molecule has 1 aliphatic carbocycles. The third-order valence-corrected chi connectivity index (χ3v) is 4.29. The summed E-state index contributed by atoms with van der Waals surface area (Å²) >= 11 is 0. The van der Waals surface area contributed by atoms with Gasteiger partial charge in [-0.15, -0.1) is 0 Å². The zero-order valence-corrected chi connectivity index (χ0v) is 16.7. The molecule has 0 aliphatic heterocycles. The first-order chi connectivity index (χ1) is 12.6. The largest absolute Gasteiger partial charge is 0.496 e. The summed E-state index contributed by atoms with van der Waals surface area (Å²) in [5, 5.41) is 0. The van der Waals surface area contributed by atoms with Gasteiger partial charge in [-0.25, -0.2) is 0 Å². The normalized spacial score (nSPS) is 13.6. The fourth-order valence-corrected chi connectivity index (χ4v) is 3.03. The van der Waals surface area contributed by atoms with Crippen molar-refractivity contribution in [1.29, 1.82) is 0 Å². The van der Waals surface area contributed by atoms with Crippen LogP contribution in [0.5, 0.6) is 11.5 Å². The molecule has 1 aromatic rings. The maximum Gasteiger partial charge on any atom is 0.241 e. The Morgan fingerprint density at radius 1 is 0.852 bits per heavy atom. The van der Waals surface area contributed by atoms with Crippen molar-refractivity contribution in [3.8, 4) is 11.5 Å². The van der Waals surface area contributed by atoms with Crippen molar-refractivity contribution in [2.45, 2.75) is 0 Å². The third kappa shape index (κ3) is 3.52. The van der Waals surface area contributed by atoms with E-state index in [4.69, 9.17) is 9.47 Å². The van der Waals surface area contributed by atoms with Gasteiger partial charge in [0.05, 0.1) is 31.9 Å². The zero-order valence-electron chi connectivity index (χ0n) is 16.7. The highest BCUT2D eigenvalue weighted by atomic mass is 16.5. The van der Waals surface area contributed by atoms with Crippen LogP contribution < -0.4 is 9.47 Å². The molecule has 1 aromatic carbocycles. The maximum absolute atomic E-state index is 13.4. The Morgan fingerprint density at radius 2 is 1.30 bits per heavy atom. The number of hydrogen-bond acceptors (Lipinski definition) is 7. The van der Waals surface area contributed by atoms with Crippen molar-refractivity contribution in [1.82, 2.24) is 14.7 Å². The first kappa shape index (κ1) is 20.4. The van der Waals surface area contributed by atoms with E-state index in [9.17, 15) is 14.4 Å². The molecule has 8 heteroatoms. The van der Waals surface area contributed by atoms with Crippen LogP contribution in [0.4, 0.5) is 0 Å². The second kappa shape index (κ2) is 7.79. The number of likely N-dealkylation sites (N-methyl/N-ethyl adjacent to an activating group) is 3. The van der Waals surface area contributed by atoms with Gasteiger partial charge in [-0.05, 0) is 26.2 Å². The molecule has 27 heavy (non-hydrogen) atoms. The Morgan fingerprint density at radius 3 is 1.67 bits per heavy atom. The number of ether oxygens (including phenoxy) is 2. The average Bonchev–Trinajstić information content (AvgIpc) is 2.61. The topological polar surface area (TPSA) is 79.4 Å². The van der Waals surface area contributed by atoms with Crippen LogP contribution in [-0.2, 0) is 4.79 Å². The van der Waals surface area contributed by atoms with E-state index in [1.807, 2.05) is 0 Å². The second-order valence-corrected chi connectivity index (χ2v) is 6.66. The molecule has 0 aromatic heterocycles. The zero-order chi connectivity index (χ0) is 20.5. The van der Waals surface area contributed by atoms with Gasteiger partial charge in [-0.3, -0.25) is 14.4 Å². The van der Waals surface area contributed by atoms with Crippen LogP contribution in [0.1, 0.15) is 20.7 Å². The van der Waals surface area contributed by atoms with E-state index in [0.717, 1.165) is 0 Å².